The number of hydrogen-bond acceptors (Lipinski definition) is 4. The summed E-state index contributed by atoms with van der Waals surface area (Å²) in [6, 6.07) is 5.00. The third kappa shape index (κ3) is 3.85. The Kier molecular flexibility index (Phi) is 5.81. The Morgan fingerprint density at radius 2 is 2.08 bits per heavy atom. The van der Waals surface area contributed by atoms with Crippen LogP contribution in [0.2, 0.25) is 5.02 Å². The van der Waals surface area contributed by atoms with Crippen molar-refractivity contribution in [3.63, 3.8) is 0 Å². The number of likely N-dealkylation sites (tertiary alicyclic amines) is 1. The van der Waals surface area contributed by atoms with E-state index in [-0.39, 0.29) is 23.7 Å². The summed E-state index contributed by atoms with van der Waals surface area (Å²) in [7, 11) is 0. The van der Waals surface area contributed by atoms with Gasteiger partial charge in [-0.25, -0.2) is 0 Å². The van der Waals surface area contributed by atoms with Gasteiger partial charge in [0, 0.05) is 31.1 Å². The van der Waals surface area contributed by atoms with Gasteiger partial charge in [0.05, 0.1) is 23.8 Å². The van der Waals surface area contributed by atoms with Crippen molar-refractivity contribution in [3.05, 3.63) is 28.8 Å². The van der Waals surface area contributed by atoms with Crippen LogP contribution in [0.5, 0.6) is 0 Å². The zero-order valence-corrected chi connectivity index (χ0v) is 15.6. The molecule has 0 radical (unpaired) electrons. The normalized spacial score (nSPS) is 20.4. The summed E-state index contributed by atoms with van der Waals surface area (Å²) in [5, 5.41) is 0.485. The van der Waals surface area contributed by atoms with Gasteiger partial charge in [0.25, 0.3) is 5.91 Å². The maximum Gasteiger partial charge on any atom is 0.310 e. The number of carbonyl (C=O) groups excluding carboxylic acids is 3. The number of nitrogens with zero attached hydrogens (tertiary/aromatic N) is 2. The molecule has 26 heavy (non-hydrogen) atoms. The van der Waals surface area contributed by atoms with Crippen molar-refractivity contribution in [2.24, 2.45) is 5.92 Å². The predicted octanol–water partition coefficient (Wildman–Crippen LogP) is 2.88. The molecule has 3 rings (SSSR count). The first-order chi connectivity index (χ1) is 12.5. The molecule has 7 heteroatoms. The topological polar surface area (TPSA) is 66.9 Å². The Hall–Kier alpha value is -2.08. The third-order valence-corrected chi connectivity index (χ3v) is 5.12. The average molecular weight is 379 g/mol. The molecule has 2 amide bonds. The second-order valence-corrected chi connectivity index (χ2v) is 7.09. The minimum absolute atomic E-state index is 0.00404. The number of benzene rings is 1. The third-order valence-electron chi connectivity index (χ3n) is 4.88. The molecule has 140 valence electrons. The summed E-state index contributed by atoms with van der Waals surface area (Å²) in [6.45, 7) is 3.63. The second kappa shape index (κ2) is 8.08. The molecular weight excluding hydrogens is 356 g/mol. The minimum Gasteiger partial charge on any atom is -0.466 e. The van der Waals surface area contributed by atoms with Crippen molar-refractivity contribution in [1.29, 1.82) is 0 Å². The molecule has 0 saturated carbocycles. The van der Waals surface area contributed by atoms with Crippen molar-refractivity contribution in [2.75, 3.05) is 31.1 Å². The summed E-state index contributed by atoms with van der Waals surface area (Å²) in [4.78, 5) is 40.6. The van der Waals surface area contributed by atoms with Gasteiger partial charge < -0.3 is 14.5 Å². The highest BCUT2D eigenvalue weighted by atomic mass is 35.5. The number of hydrogen-bond donors (Lipinski definition) is 0. The number of ether oxygens (including phenoxy) is 1. The molecule has 0 unspecified atom stereocenters. The highest BCUT2D eigenvalue weighted by Gasteiger charge is 2.32. The molecule has 0 aliphatic carbocycles. The van der Waals surface area contributed by atoms with Crippen LogP contribution >= 0.6 is 11.6 Å². The summed E-state index contributed by atoms with van der Waals surface area (Å²) in [6.07, 6.45) is 2.73. The predicted molar refractivity (Wildman–Crippen MR) is 98.3 cm³/mol. The molecule has 2 aliphatic rings. The van der Waals surface area contributed by atoms with E-state index in [0.29, 0.717) is 48.9 Å². The fraction of sp³-hybridized carbons (Fsp3) is 0.526. The van der Waals surface area contributed by atoms with Crippen LogP contribution < -0.4 is 4.90 Å². The lowest BCUT2D eigenvalue weighted by Crippen LogP contribution is -2.43. The van der Waals surface area contributed by atoms with Crippen LogP contribution in [-0.2, 0) is 14.3 Å². The molecule has 1 aromatic rings. The molecule has 0 aromatic heterocycles. The molecule has 2 saturated heterocycles. The lowest BCUT2D eigenvalue weighted by molar-refractivity contribution is -0.149. The van der Waals surface area contributed by atoms with Crippen molar-refractivity contribution in [1.82, 2.24) is 4.90 Å². The van der Waals surface area contributed by atoms with Gasteiger partial charge in [0.2, 0.25) is 5.91 Å². The smallest absolute Gasteiger partial charge is 0.310 e. The van der Waals surface area contributed by atoms with Crippen molar-refractivity contribution >= 4 is 35.1 Å². The first-order valence-corrected chi connectivity index (χ1v) is 9.45. The van der Waals surface area contributed by atoms with Gasteiger partial charge in [-0.15, -0.1) is 0 Å². The van der Waals surface area contributed by atoms with Gasteiger partial charge in [-0.3, -0.25) is 14.4 Å². The standard InChI is InChI=1S/C19H23ClN2O4/c1-2-26-19(25)13-5-3-9-21(12-13)18(24)15-8-7-14(20)11-16(15)22-10-4-6-17(22)23/h7-8,11,13H,2-6,9-10,12H2,1H3/t13-/m0/s1. The molecule has 1 aromatic carbocycles. The van der Waals surface area contributed by atoms with Gasteiger partial charge in [-0.2, -0.15) is 0 Å². The van der Waals surface area contributed by atoms with Crippen molar-refractivity contribution in [3.8, 4) is 0 Å². The summed E-state index contributed by atoms with van der Waals surface area (Å²) in [5.41, 5.74) is 1.01. The fourth-order valence-corrected chi connectivity index (χ4v) is 3.76. The van der Waals surface area contributed by atoms with Gasteiger partial charge in [0.1, 0.15) is 0 Å². The monoisotopic (exact) mass is 378 g/mol. The van der Waals surface area contributed by atoms with Gasteiger partial charge in [-0.05, 0) is 44.4 Å². The lowest BCUT2D eigenvalue weighted by Gasteiger charge is -2.32. The number of amides is 2. The highest BCUT2D eigenvalue weighted by Crippen LogP contribution is 2.30. The molecule has 0 N–H and O–H groups in total. The molecule has 1 atom stereocenters. The van der Waals surface area contributed by atoms with Crippen LogP contribution in [0, 0.1) is 5.92 Å². The van der Waals surface area contributed by atoms with E-state index >= 15 is 0 Å². The van der Waals surface area contributed by atoms with Crippen LogP contribution in [0.3, 0.4) is 0 Å². The first kappa shape index (κ1) is 18.7. The Morgan fingerprint density at radius 3 is 2.77 bits per heavy atom. The number of piperidine rings is 1. The highest BCUT2D eigenvalue weighted by molar-refractivity contribution is 6.31. The van der Waals surface area contributed by atoms with Crippen molar-refractivity contribution in [2.45, 2.75) is 32.6 Å². The van der Waals surface area contributed by atoms with Crippen LogP contribution in [0.15, 0.2) is 18.2 Å². The second-order valence-electron chi connectivity index (χ2n) is 6.65. The van der Waals surface area contributed by atoms with Crippen LogP contribution in [0.1, 0.15) is 43.0 Å². The molecule has 2 heterocycles. The van der Waals surface area contributed by atoms with E-state index in [1.165, 1.54) is 0 Å². The quantitative estimate of drug-likeness (QED) is 0.755. The van der Waals surface area contributed by atoms with Crippen LogP contribution in [-0.4, -0.2) is 48.9 Å². The Labute approximate surface area is 158 Å². The molecule has 6 nitrogen and oxygen atoms in total. The first-order valence-electron chi connectivity index (χ1n) is 9.07. The van der Waals surface area contributed by atoms with Crippen LogP contribution in [0.4, 0.5) is 5.69 Å². The molecule has 2 fully saturated rings. The van der Waals surface area contributed by atoms with E-state index in [4.69, 9.17) is 16.3 Å². The summed E-state index contributed by atoms with van der Waals surface area (Å²) >= 11 is 6.11. The van der Waals surface area contributed by atoms with E-state index in [1.54, 1.807) is 34.9 Å². The number of carbonyl (C=O) groups is 3. The Balaban J connectivity index is 1.83. The maximum absolute atomic E-state index is 13.1. The Bertz CT molecular complexity index is 721. The molecule has 0 bridgehead atoms. The summed E-state index contributed by atoms with van der Waals surface area (Å²) in [5.74, 6) is -0.720. The Morgan fingerprint density at radius 1 is 1.27 bits per heavy atom. The van der Waals surface area contributed by atoms with E-state index in [0.717, 1.165) is 19.3 Å². The average Bonchev–Trinajstić information content (AvgIpc) is 3.07. The molecular formula is C19H23ClN2O4. The number of rotatable bonds is 4. The molecule has 0 spiro atoms. The van der Waals surface area contributed by atoms with E-state index in [2.05, 4.69) is 0 Å². The zero-order chi connectivity index (χ0) is 18.7. The van der Waals surface area contributed by atoms with Gasteiger partial charge in [-0.1, -0.05) is 11.6 Å². The van der Waals surface area contributed by atoms with E-state index in [1.807, 2.05) is 0 Å². The van der Waals surface area contributed by atoms with Crippen molar-refractivity contribution < 1.29 is 19.1 Å². The minimum atomic E-state index is -0.295. The fourth-order valence-electron chi connectivity index (χ4n) is 3.60. The number of esters is 1. The van der Waals surface area contributed by atoms with E-state index < -0.39 is 0 Å². The van der Waals surface area contributed by atoms with Gasteiger partial charge in [0.15, 0.2) is 0 Å². The summed E-state index contributed by atoms with van der Waals surface area (Å²) < 4.78 is 5.10. The largest absolute Gasteiger partial charge is 0.466 e. The number of halogens is 1. The zero-order valence-electron chi connectivity index (χ0n) is 14.9. The van der Waals surface area contributed by atoms with Gasteiger partial charge >= 0.3 is 5.97 Å². The lowest BCUT2D eigenvalue weighted by atomic mass is 9.97. The van der Waals surface area contributed by atoms with Crippen LogP contribution in [0.25, 0.3) is 0 Å². The van der Waals surface area contributed by atoms with E-state index in [9.17, 15) is 14.4 Å². The number of anilines is 1. The molecule has 2 aliphatic heterocycles. The SMILES string of the molecule is CCOC(=O)[C@H]1CCCN(C(=O)c2ccc(Cl)cc2N2CCCC2=O)C1. The maximum atomic E-state index is 13.1.